The predicted octanol–water partition coefficient (Wildman–Crippen LogP) is -1.45. The Bertz CT molecular complexity index is 2910. The van der Waals surface area contributed by atoms with Crippen LogP contribution < -0.4 is 50.7 Å². The van der Waals surface area contributed by atoms with Crippen molar-refractivity contribution in [3.05, 3.63) is 117 Å². The van der Waals surface area contributed by atoms with Crippen LogP contribution in [-0.2, 0) is 66.6 Å². The maximum atomic E-state index is 12.9. The largest absolute Gasteiger partial charge is 1.00 e. The van der Waals surface area contributed by atoms with Gasteiger partial charge in [0.2, 0.25) is 51.3 Å². The second-order valence-corrected chi connectivity index (χ2v) is 19.3. The first-order valence-electron chi connectivity index (χ1n) is 16.1. The van der Waals surface area contributed by atoms with E-state index in [1.807, 2.05) is 0 Å². The molecule has 8 rings (SSSR count). The Morgan fingerprint density at radius 3 is 1.25 bits per heavy atom. The van der Waals surface area contributed by atoms with Gasteiger partial charge in [0.1, 0.15) is 32.8 Å². The molecule has 26 heteroatoms. The van der Waals surface area contributed by atoms with E-state index in [4.69, 9.17) is 19.8 Å². The molecule has 2 aliphatic heterocycles. The maximum Gasteiger partial charge on any atom is 1.00 e. The first-order valence-corrected chi connectivity index (χ1v) is 22.5. The molecule has 4 aromatic rings. The van der Waals surface area contributed by atoms with Crippen LogP contribution in [0.4, 0.5) is 11.4 Å². The summed E-state index contributed by atoms with van der Waals surface area (Å²) in [5, 5.41) is 37.7. The fourth-order valence-electron chi connectivity index (χ4n) is 5.93. The van der Waals surface area contributed by atoms with Crippen LogP contribution in [0.3, 0.4) is 0 Å². The molecule has 4 aliphatic rings. The standard InChI is InChI=1S/2C17H13N3O7S2.Cr.Na/c2*18-29(25,26)9-5-6-13(21)12(7-9)19-20-14-15(22)10-3-1-2-4-11(10)16-17(14)28(23,24)8-27-16;;/h2*1-7,19,21H,8H2,(H2,18,25,26);;/q;;;+1/b2*20-14+;;. The van der Waals surface area contributed by atoms with Crippen molar-refractivity contribution < 1.29 is 110 Å². The Balaban J connectivity index is 0.000000220. The zero-order chi connectivity index (χ0) is 41.9. The Morgan fingerprint density at radius 1 is 0.583 bits per heavy atom. The molecule has 0 spiro atoms. The van der Waals surface area contributed by atoms with Gasteiger partial charge in [0, 0.05) is 39.6 Å². The third-order valence-electron chi connectivity index (χ3n) is 8.61. The number of primary sulfonamides is 2. The fourth-order valence-corrected chi connectivity index (χ4v) is 9.56. The number of sulfonamides is 2. The number of ketones is 2. The minimum absolute atomic E-state index is 0. The number of Topliss-reactive ketones (excluding diaryl/α,β-unsaturated/α-hetero) is 2. The van der Waals surface area contributed by atoms with Crippen molar-refractivity contribution in [2.75, 3.05) is 22.7 Å². The maximum absolute atomic E-state index is 12.9. The van der Waals surface area contributed by atoms with Crippen LogP contribution in [0.5, 0.6) is 11.5 Å². The molecule has 2 heterocycles. The molecule has 306 valence electrons. The molecule has 0 amide bonds. The van der Waals surface area contributed by atoms with E-state index in [0.29, 0.717) is 11.1 Å². The number of hydrogen-bond acceptors (Lipinski definition) is 18. The molecule has 0 bridgehead atoms. The summed E-state index contributed by atoms with van der Waals surface area (Å²) in [6.07, 6.45) is 0. The smallest absolute Gasteiger partial charge is 0.506 e. The van der Waals surface area contributed by atoms with Gasteiger partial charge in [0.05, 0.1) is 21.2 Å². The molecule has 8 N–H and O–H groups in total. The van der Waals surface area contributed by atoms with Gasteiger partial charge in [-0.3, -0.25) is 20.4 Å². The van der Waals surface area contributed by atoms with E-state index in [-0.39, 0.29) is 112 Å². The average molecular weight is 946 g/mol. The second kappa shape index (κ2) is 16.9. The van der Waals surface area contributed by atoms with Crippen LogP contribution in [0, 0.1) is 0 Å². The number of nitrogens with zero attached hydrogens (tertiary/aromatic N) is 2. The third-order valence-corrected chi connectivity index (χ3v) is 13.3. The summed E-state index contributed by atoms with van der Waals surface area (Å²) in [7, 11) is -16.0. The Morgan fingerprint density at radius 2 is 0.917 bits per heavy atom. The van der Waals surface area contributed by atoms with Crippen molar-refractivity contribution in [3.8, 4) is 11.5 Å². The Labute approximate surface area is 374 Å². The molecule has 0 radical (unpaired) electrons. The number of carbonyl (C=O) groups excluding carboxylic acids is 2. The molecule has 0 atom stereocenters. The number of ether oxygens (including phenoxy) is 2. The van der Waals surface area contributed by atoms with E-state index >= 15 is 0 Å². The molecule has 2 aliphatic carbocycles. The number of hydrogen-bond donors (Lipinski definition) is 6. The molecule has 0 fully saturated rings. The summed E-state index contributed by atoms with van der Waals surface area (Å²) in [4.78, 5) is 24.4. The molecule has 0 saturated carbocycles. The van der Waals surface area contributed by atoms with Gasteiger partial charge in [0.25, 0.3) is 0 Å². The van der Waals surface area contributed by atoms with Crippen LogP contribution in [0.15, 0.2) is 115 Å². The Hall–Kier alpha value is -4.91. The van der Waals surface area contributed by atoms with Crippen molar-refractivity contribution in [3.63, 3.8) is 0 Å². The number of benzene rings is 4. The third kappa shape index (κ3) is 8.65. The summed E-state index contributed by atoms with van der Waals surface area (Å²) in [5.74, 6) is -3.33. The van der Waals surface area contributed by atoms with E-state index in [1.54, 1.807) is 36.4 Å². The SMILES string of the molecule is NS(=O)(=O)c1ccc(O)c(N/N=C2\C(=O)c3ccccc3C3=C2S(=O)(=O)CO3)c1.NS(=O)(=O)c1ccc(O)c(N/N=C2\C(=O)c3ccccc3C3=C2S(=O)(=O)CO3)c1.[Cr].[Na+]. The van der Waals surface area contributed by atoms with Gasteiger partial charge in [-0.2, -0.15) is 10.2 Å². The molecule has 0 unspecified atom stereocenters. The van der Waals surface area contributed by atoms with Crippen LogP contribution in [0.25, 0.3) is 11.5 Å². The van der Waals surface area contributed by atoms with Crippen LogP contribution in [0.1, 0.15) is 31.8 Å². The van der Waals surface area contributed by atoms with Crippen LogP contribution in [-0.4, -0.2) is 78.8 Å². The zero-order valence-corrected chi connectivity index (χ0v) is 36.9. The van der Waals surface area contributed by atoms with E-state index in [0.717, 1.165) is 36.4 Å². The average Bonchev–Trinajstić information content (AvgIpc) is 3.66. The molecule has 60 heavy (non-hydrogen) atoms. The van der Waals surface area contributed by atoms with Crippen LogP contribution in [0.2, 0.25) is 0 Å². The van der Waals surface area contributed by atoms with Crippen molar-refractivity contribution >= 4 is 85.6 Å². The van der Waals surface area contributed by atoms with Crippen molar-refractivity contribution in [2.45, 2.75) is 9.79 Å². The van der Waals surface area contributed by atoms with Gasteiger partial charge in [0.15, 0.2) is 23.3 Å². The second-order valence-electron chi connectivity index (χ2n) is 12.4. The normalized spacial score (nSPS) is 18.3. The number of phenols is 2. The van der Waals surface area contributed by atoms with Crippen molar-refractivity contribution in [1.82, 2.24) is 0 Å². The van der Waals surface area contributed by atoms with Gasteiger partial charge in [-0.05, 0) is 36.4 Å². The monoisotopic (exact) mass is 945 g/mol. The summed E-state index contributed by atoms with van der Waals surface area (Å²) in [6, 6.07) is 19.0. The molecule has 0 saturated heterocycles. The number of carbonyl (C=O) groups is 2. The topological polar surface area (TPSA) is 330 Å². The summed E-state index contributed by atoms with van der Waals surface area (Å²) >= 11 is 0. The van der Waals surface area contributed by atoms with Gasteiger partial charge >= 0.3 is 29.6 Å². The number of hydrazone groups is 2. The van der Waals surface area contributed by atoms with Gasteiger partial charge in [-0.1, -0.05) is 48.5 Å². The number of sulfone groups is 2. The molecule has 0 aromatic heterocycles. The number of anilines is 2. The van der Waals surface area contributed by atoms with E-state index in [2.05, 4.69) is 21.1 Å². The first-order chi connectivity index (χ1) is 27.2. The summed E-state index contributed by atoms with van der Waals surface area (Å²) in [6.45, 7) is 0. The first kappa shape index (κ1) is 46.2. The van der Waals surface area contributed by atoms with Crippen LogP contribution >= 0.6 is 0 Å². The predicted molar refractivity (Wildman–Crippen MR) is 206 cm³/mol. The van der Waals surface area contributed by atoms with Gasteiger partial charge in [-0.25, -0.2) is 43.9 Å². The number of phenolic OH excluding ortho intramolecular Hbond substituents is 2. The molecular formula is C34H26CrN6NaO14S4+. The van der Waals surface area contributed by atoms with Crippen molar-refractivity contribution in [2.24, 2.45) is 20.5 Å². The molecule has 20 nitrogen and oxygen atoms in total. The molecule has 4 aromatic carbocycles. The summed E-state index contributed by atoms with van der Waals surface area (Å²) < 4.78 is 106. The van der Waals surface area contributed by atoms with Gasteiger partial charge < -0.3 is 19.7 Å². The van der Waals surface area contributed by atoms with E-state index in [1.165, 1.54) is 12.1 Å². The zero-order valence-electron chi connectivity index (χ0n) is 30.4. The van der Waals surface area contributed by atoms with Gasteiger partial charge in [-0.15, -0.1) is 0 Å². The number of fused-ring (bicyclic) bond motifs is 4. The number of rotatable bonds is 6. The van der Waals surface area contributed by atoms with Crippen molar-refractivity contribution in [1.29, 1.82) is 0 Å². The number of nitrogens with two attached hydrogens (primary N) is 2. The van der Waals surface area contributed by atoms with E-state index < -0.39 is 74.6 Å². The number of aromatic hydroxyl groups is 2. The number of allylic oxidation sites excluding steroid dienone is 2. The number of nitrogens with one attached hydrogen (secondary N) is 2. The minimum Gasteiger partial charge on any atom is -0.506 e. The Kier molecular flexibility index (Phi) is 13.0. The fraction of sp³-hybridized carbons (Fsp3) is 0.0588. The quantitative estimate of drug-likeness (QED) is 0.0732. The molecular weight excluding hydrogens is 920 g/mol. The van der Waals surface area contributed by atoms with E-state index in [9.17, 15) is 53.5 Å². The summed E-state index contributed by atoms with van der Waals surface area (Å²) in [5.41, 5.74) is 4.54. The minimum atomic E-state index is -4.06.